The van der Waals surface area contributed by atoms with E-state index in [0.717, 1.165) is 41.4 Å². The van der Waals surface area contributed by atoms with E-state index in [9.17, 15) is 0 Å². The second-order valence-corrected chi connectivity index (χ2v) is 4.90. The van der Waals surface area contributed by atoms with Gasteiger partial charge in [0, 0.05) is 35.8 Å². The number of hydrogen-bond acceptors (Lipinski definition) is 4. The minimum atomic E-state index is 0.755. The van der Waals surface area contributed by atoms with Gasteiger partial charge in [-0.2, -0.15) is 0 Å². The van der Waals surface area contributed by atoms with E-state index in [4.69, 9.17) is 5.73 Å². The zero-order valence-corrected chi connectivity index (χ0v) is 10.8. The lowest BCUT2D eigenvalue weighted by molar-refractivity contribution is 0.688. The zero-order chi connectivity index (χ0) is 13.5. The van der Waals surface area contributed by atoms with Gasteiger partial charge in [-0.3, -0.25) is 4.98 Å². The predicted molar refractivity (Wildman–Crippen MR) is 76.8 cm³/mol. The van der Waals surface area contributed by atoms with Crippen LogP contribution >= 0.6 is 0 Å². The van der Waals surface area contributed by atoms with Gasteiger partial charge in [0.25, 0.3) is 0 Å². The summed E-state index contributed by atoms with van der Waals surface area (Å²) in [5, 5.41) is 8.69. The summed E-state index contributed by atoms with van der Waals surface area (Å²) >= 11 is 0. The Morgan fingerprint density at radius 1 is 1.00 bits per heavy atom. The molecular weight excluding hydrogens is 250 g/mol. The van der Waals surface area contributed by atoms with Crippen LogP contribution in [0.2, 0.25) is 0 Å². The first-order valence-corrected chi connectivity index (χ1v) is 6.55. The number of benzene rings is 1. The molecule has 0 spiro atoms. The first kappa shape index (κ1) is 11.2. The van der Waals surface area contributed by atoms with Crippen molar-refractivity contribution in [1.29, 1.82) is 0 Å². The topological polar surface area (TPSA) is 69.6 Å². The van der Waals surface area contributed by atoms with Crippen molar-refractivity contribution in [2.75, 3.05) is 5.73 Å². The lowest BCUT2D eigenvalue weighted by Gasteiger charge is -2.19. The van der Waals surface area contributed by atoms with E-state index in [1.54, 1.807) is 12.4 Å². The molecule has 5 heteroatoms. The van der Waals surface area contributed by atoms with Crippen molar-refractivity contribution in [2.45, 2.75) is 13.0 Å². The number of nitrogen functional groups attached to an aromatic ring is 1. The fraction of sp³-hybridized carbons (Fsp3) is 0.133. The molecule has 0 amide bonds. The first-order valence-electron chi connectivity index (χ1n) is 6.55. The second kappa shape index (κ2) is 4.16. The molecule has 0 saturated carbocycles. The maximum Gasteiger partial charge on any atom is 0.164 e. The van der Waals surface area contributed by atoms with Gasteiger partial charge in [0.05, 0.1) is 0 Å². The third-order valence-electron chi connectivity index (χ3n) is 3.67. The molecular formula is C15H13N5. The number of nitrogens with zero attached hydrogens (tertiary/aromatic N) is 4. The van der Waals surface area contributed by atoms with Crippen LogP contribution in [-0.4, -0.2) is 19.7 Å². The summed E-state index contributed by atoms with van der Waals surface area (Å²) in [6, 6.07) is 9.90. The SMILES string of the molecule is Nc1ccc2c(c1)-c1nnc(-c3ccncc3)n1CC2. The summed E-state index contributed by atoms with van der Waals surface area (Å²) < 4.78 is 2.15. The summed E-state index contributed by atoms with van der Waals surface area (Å²) in [5.74, 6) is 1.78. The highest BCUT2D eigenvalue weighted by Gasteiger charge is 2.21. The maximum atomic E-state index is 5.89. The summed E-state index contributed by atoms with van der Waals surface area (Å²) in [5.41, 5.74) is 10.0. The molecule has 1 aliphatic rings. The Bertz CT molecular complexity index is 776. The Labute approximate surface area is 116 Å². The number of anilines is 1. The third-order valence-corrected chi connectivity index (χ3v) is 3.67. The van der Waals surface area contributed by atoms with Gasteiger partial charge >= 0.3 is 0 Å². The number of aromatic nitrogens is 4. The van der Waals surface area contributed by atoms with Crippen LogP contribution in [0.25, 0.3) is 22.8 Å². The van der Waals surface area contributed by atoms with E-state index in [1.165, 1.54) is 5.56 Å². The van der Waals surface area contributed by atoms with Crippen LogP contribution in [-0.2, 0) is 13.0 Å². The van der Waals surface area contributed by atoms with Crippen molar-refractivity contribution < 1.29 is 0 Å². The van der Waals surface area contributed by atoms with Crippen LogP contribution in [0, 0.1) is 0 Å². The number of fused-ring (bicyclic) bond motifs is 3. The molecule has 0 atom stereocenters. The molecule has 0 aliphatic carbocycles. The normalized spacial score (nSPS) is 12.8. The van der Waals surface area contributed by atoms with Crippen molar-refractivity contribution in [3.8, 4) is 22.8 Å². The standard InChI is InChI=1S/C15H13N5/c16-12-2-1-10-5-8-20-14(11-3-6-17-7-4-11)18-19-15(20)13(10)9-12/h1-4,6-7,9H,5,8,16H2. The first-order chi connectivity index (χ1) is 9.83. The van der Waals surface area contributed by atoms with Gasteiger partial charge in [-0.15, -0.1) is 10.2 Å². The predicted octanol–water partition coefficient (Wildman–Crippen LogP) is 2.15. The highest BCUT2D eigenvalue weighted by molar-refractivity contribution is 5.69. The van der Waals surface area contributed by atoms with Crippen molar-refractivity contribution in [2.24, 2.45) is 0 Å². The van der Waals surface area contributed by atoms with Gasteiger partial charge in [0.1, 0.15) is 0 Å². The number of pyridine rings is 1. The maximum absolute atomic E-state index is 5.89. The van der Waals surface area contributed by atoms with Gasteiger partial charge in [0.15, 0.2) is 11.6 Å². The van der Waals surface area contributed by atoms with E-state index < -0.39 is 0 Å². The van der Waals surface area contributed by atoms with Gasteiger partial charge < -0.3 is 10.3 Å². The molecule has 0 radical (unpaired) electrons. The molecule has 0 bridgehead atoms. The van der Waals surface area contributed by atoms with E-state index >= 15 is 0 Å². The molecule has 3 aromatic rings. The second-order valence-electron chi connectivity index (χ2n) is 4.90. The van der Waals surface area contributed by atoms with E-state index in [1.807, 2.05) is 24.3 Å². The number of rotatable bonds is 1. The summed E-state index contributed by atoms with van der Waals surface area (Å²) in [4.78, 5) is 4.04. The van der Waals surface area contributed by atoms with Crippen LogP contribution in [0.3, 0.4) is 0 Å². The van der Waals surface area contributed by atoms with Crippen molar-refractivity contribution in [3.63, 3.8) is 0 Å². The highest BCUT2D eigenvalue weighted by atomic mass is 15.3. The molecule has 20 heavy (non-hydrogen) atoms. The molecule has 98 valence electrons. The van der Waals surface area contributed by atoms with Crippen LogP contribution in [0.1, 0.15) is 5.56 Å². The van der Waals surface area contributed by atoms with Gasteiger partial charge in [-0.05, 0) is 36.2 Å². The summed E-state index contributed by atoms with van der Waals surface area (Å²) in [7, 11) is 0. The number of aryl methyl sites for hydroxylation is 1. The fourth-order valence-corrected chi connectivity index (χ4v) is 2.68. The lowest BCUT2D eigenvalue weighted by atomic mass is 10.00. The average molecular weight is 263 g/mol. The Morgan fingerprint density at radius 3 is 2.65 bits per heavy atom. The molecule has 4 rings (SSSR count). The van der Waals surface area contributed by atoms with Crippen LogP contribution in [0.4, 0.5) is 5.69 Å². The summed E-state index contributed by atoms with van der Waals surface area (Å²) in [6.07, 6.45) is 4.51. The number of hydrogen-bond donors (Lipinski definition) is 1. The van der Waals surface area contributed by atoms with Crippen LogP contribution in [0.5, 0.6) is 0 Å². The molecule has 0 fully saturated rings. The van der Waals surface area contributed by atoms with Crippen LogP contribution < -0.4 is 5.73 Å². The van der Waals surface area contributed by atoms with E-state index in [2.05, 4.69) is 25.8 Å². The largest absolute Gasteiger partial charge is 0.399 e. The van der Waals surface area contributed by atoms with Crippen molar-refractivity contribution >= 4 is 5.69 Å². The zero-order valence-electron chi connectivity index (χ0n) is 10.8. The molecule has 0 unspecified atom stereocenters. The van der Waals surface area contributed by atoms with Crippen molar-refractivity contribution in [3.05, 3.63) is 48.3 Å². The van der Waals surface area contributed by atoms with Gasteiger partial charge in [0.2, 0.25) is 0 Å². The molecule has 3 heterocycles. The quantitative estimate of drug-likeness (QED) is 0.683. The van der Waals surface area contributed by atoms with Gasteiger partial charge in [-0.1, -0.05) is 6.07 Å². The van der Waals surface area contributed by atoms with Gasteiger partial charge in [-0.25, -0.2) is 0 Å². The molecule has 2 N–H and O–H groups in total. The van der Waals surface area contributed by atoms with Crippen LogP contribution in [0.15, 0.2) is 42.7 Å². The minimum absolute atomic E-state index is 0.755. The lowest BCUT2D eigenvalue weighted by Crippen LogP contribution is -2.12. The Balaban J connectivity index is 1.91. The molecule has 1 aromatic carbocycles. The highest BCUT2D eigenvalue weighted by Crippen LogP contribution is 2.32. The monoisotopic (exact) mass is 263 g/mol. The third kappa shape index (κ3) is 1.60. The smallest absolute Gasteiger partial charge is 0.164 e. The fourth-order valence-electron chi connectivity index (χ4n) is 2.68. The molecule has 2 aromatic heterocycles. The van der Waals surface area contributed by atoms with Crippen molar-refractivity contribution in [1.82, 2.24) is 19.7 Å². The Hall–Kier alpha value is -2.69. The van der Waals surface area contributed by atoms with E-state index in [0.29, 0.717) is 0 Å². The Morgan fingerprint density at radius 2 is 1.80 bits per heavy atom. The molecule has 1 aliphatic heterocycles. The van der Waals surface area contributed by atoms with E-state index in [-0.39, 0.29) is 0 Å². The average Bonchev–Trinajstić information content (AvgIpc) is 2.92. The number of nitrogens with two attached hydrogens (primary N) is 1. The molecule has 5 nitrogen and oxygen atoms in total. The minimum Gasteiger partial charge on any atom is -0.399 e. The summed E-state index contributed by atoms with van der Waals surface area (Å²) in [6.45, 7) is 0.886. The molecule has 0 saturated heterocycles. The Kier molecular flexibility index (Phi) is 2.32.